The maximum Gasteiger partial charge on any atom is 0.276 e. The highest BCUT2D eigenvalue weighted by Crippen LogP contribution is 2.34. The Morgan fingerprint density at radius 3 is 2.81 bits per heavy atom. The van der Waals surface area contributed by atoms with Crippen LogP contribution < -0.4 is 5.32 Å². The Balaban J connectivity index is 1.72. The molecule has 1 amide bonds. The Hall–Kier alpha value is -2.38. The number of anilines is 1. The Morgan fingerprint density at radius 1 is 1.05 bits per heavy atom. The standard InChI is InChI=1S/C14H8N4OS2/c19-13(10-3-1-2-6-15-10)18-14-17-9-5-4-8-11(12(9)21-14)20-7-16-8/h1-7H,(H,17,18,19). The van der Waals surface area contributed by atoms with Crippen molar-refractivity contribution in [3.05, 3.63) is 47.7 Å². The first-order chi connectivity index (χ1) is 10.3. The fraction of sp³-hybridized carbons (Fsp3) is 0. The molecule has 4 rings (SSSR count). The quantitative estimate of drug-likeness (QED) is 0.614. The molecule has 0 aliphatic rings. The SMILES string of the molecule is O=C(Nc1nc2ccc3ncsc3c2s1)c1ccccn1. The fourth-order valence-corrected chi connectivity index (χ4v) is 3.91. The van der Waals surface area contributed by atoms with Gasteiger partial charge in [-0.2, -0.15) is 0 Å². The van der Waals surface area contributed by atoms with E-state index in [4.69, 9.17) is 0 Å². The maximum atomic E-state index is 12.1. The summed E-state index contributed by atoms with van der Waals surface area (Å²) in [6.45, 7) is 0. The van der Waals surface area contributed by atoms with Gasteiger partial charge in [0.1, 0.15) is 5.69 Å². The van der Waals surface area contributed by atoms with Crippen molar-refractivity contribution in [3.8, 4) is 0 Å². The molecule has 0 spiro atoms. The van der Waals surface area contributed by atoms with Gasteiger partial charge in [-0.3, -0.25) is 15.1 Å². The minimum atomic E-state index is -0.254. The molecule has 0 fully saturated rings. The van der Waals surface area contributed by atoms with Gasteiger partial charge in [0.15, 0.2) is 5.13 Å². The van der Waals surface area contributed by atoms with Gasteiger partial charge >= 0.3 is 0 Å². The average Bonchev–Trinajstić information content (AvgIpc) is 3.12. The monoisotopic (exact) mass is 312 g/mol. The van der Waals surface area contributed by atoms with Crippen molar-refractivity contribution >= 4 is 54.1 Å². The van der Waals surface area contributed by atoms with Crippen molar-refractivity contribution in [1.82, 2.24) is 15.0 Å². The van der Waals surface area contributed by atoms with Gasteiger partial charge in [0.05, 0.1) is 25.9 Å². The minimum absolute atomic E-state index is 0.254. The summed E-state index contributed by atoms with van der Waals surface area (Å²) in [5, 5.41) is 3.37. The Labute approximate surface area is 127 Å². The van der Waals surface area contributed by atoms with Crippen LogP contribution in [0.3, 0.4) is 0 Å². The molecule has 0 saturated carbocycles. The summed E-state index contributed by atoms with van der Waals surface area (Å²) >= 11 is 3.03. The number of thiazole rings is 2. The van der Waals surface area contributed by atoms with Gasteiger partial charge in [-0.15, -0.1) is 11.3 Å². The summed E-state index contributed by atoms with van der Waals surface area (Å²) in [6.07, 6.45) is 1.59. The second-order valence-electron chi connectivity index (χ2n) is 4.30. The molecule has 0 radical (unpaired) electrons. The molecular weight excluding hydrogens is 304 g/mol. The predicted octanol–water partition coefficient (Wildman–Crippen LogP) is 3.55. The van der Waals surface area contributed by atoms with Crippen molar-refractivity contribution in [1.29, 1.82) is 0 Å². The number of benzene rings is 1. The normalized spacial score (nSPS) is 11.0. The van der Waals surface area contributed by atoms with Crippen LogP contribution in [-0.4, -0.2) is 20.9 Å². The Morgan fingerprint density at radius 2 is 1.95 bits per heavy atom. The summed E-state index contributed by atoms with van der Waals surface area (Å²) in [5.41, 5.74) is 4.02. The van der Waals surface area contributed by atoms with Gasteiger partial charge in [0.25, 0.3) is 5.91 Å². The molecule has 0 atom stereocenters. The molecule has 3 heterocycles. The first-order valence-electron chi connectivity index (χ1n) is 6.16. The number of rotatable bonds is 2. The second-order valence-corrected chi connectivity index (χ2v) is 6.16. The van der Waals surface area contributed by atoms with E-state index in [9.17, 15) is 4.79 Å². The van der Waals surface area contributed by atoms with Crippen molar-refractivity contribution < 1.29 is 4.79 Å². The lowest BCUT2D eigenvalue weighted by Crippen LogP contribution is -2.12. The third-order valence-electron chi connectivity index (χ3n) is 2.97. The summed E-state index contributed by atoms with van der Waals surface area (Å²) in [7, 11) is 0. The first kappa shape index (κ1) is 12.4. The Kier molecular flexibility index (Phi) is 2.87. The van der Waals surface area contributed by atoms with E-state index in [1.807, 2.05) is 17.6 Å². The zero-order valence-electron chi connectivity index (χ0n) is 10.6. The molecule has 1 aromatic carbocycles. The van der Waals surface area contributed by atoms with Crippen LogP contribution in [0.2, 0.25) is 0 Å². The molecule has 0 aliphatic heterocycles. The van der Waals surface area contributed by atoms with E-state index in [-0.39, 0.29) is 5.91 Å². The van der Waals surface area contributed by atoms with Crippen molar-refractivity contribution in [3.63, 3.8) is 0 Å². The summed E-state index contributed by atoms with van der Waals surface area (Å²) in [6, 6.07) is 9.09. The number of carbonyl (C=O) groups is 1. The van der Waals surface area contributed by atoms with Gasteiger partial charge in [-0.1, -0.05) is 17.4 Å². The second kappa shape index (κ2) is 4.87. The largest absolute Gasteiger partial charge is 0.296 e. The molecule has 5 nitrogen and oxygen atoms in total. The van der Waals surface area contributed by atoms with E-state index in [0.29, 0.717) is 10.8 Å². The number of pyridine rings is 1. The van der Waals surface area contributed by atoms with E-state index in [0.717, 1.165) is 20.4 Å². The van der Waals surface area contributed by atoms with Crippen LogP contribution in [0.5, 0.6) is 0 Å². The number of carbonyl (C=O) groups excluding carboxylic acids is 1. The lowest BCUT2D eigenvalue weighted by Gasteiger charge is -1.99. The summed E-state index contributed by atoms with van der Waals surface area (Å²) in [4.78, 5) is 24.8. The van der Waals surface area contributed by atoms with E-state index in [1.54, 1.807) is 35.7 Å². The van der Waals surface area contributed by atoms with Gasteiger partial charge in [0.2, 0.25) is 0 Å². The number of fused-ring (bicyclic) bond motifs is 3. The summed E-state index contributed by atoms with van der Waals surface area (Å²) in [5.74, 6) is -0.254. The van der Waals surface area contributed by atoms with Crippen LogP contribution in [-0.2, 0) is 0 Å². The van der Waals surface area contributed by atoms with Gasteiger partial charge in [-0.25, -0.2) is 9.97 Å². The zero-order valence-corrected chi connectivity index (χ0v) is 12.2. The van der Waals surface area contributed by atoms with Crippen LogP contribution in [0.15, 0.2) is 42.0 Å². The maximum absolute atomic E-state index is 12.1. The smallest absolute Gasteiger partial charge is 0.276 e. The number of hydrogen-bond acceptors (Lipinski definition) is 6. The molecule has 21 heavy (non-hydrogen) atoms. The molecule has 0 aliphatic carbocycles. The number of hydrogen-bond donors (Lipinski definition) is 1. The number of aromatic nitrogens is 3. The molecule has 0 unspecified atom stereocenters. The van der Waals surface area contributed by atoms with Crippen molar-refractivity contribution in [2.45, 2.75) is 0 Å². The highest BCUT2D eigenvalue weighted by molar-refractivity contribution is 7.28. The summed E-state index contributed by atoms with van der Waals surface area (Å²) < 4.78 is 2.15. The fourth-order valence-electron chi connectivity index (χ4n) is 2.02. The van der Waals surface area contributed by atoms with Crippen LogP contribution >= 0.6 is 22.7 Å². The highest BCUT2D eigenvalue weighted by Gasteiger charge is 2.12. The molecule has 4 aromatic rings. The average molecular weight is 312 g/mol. The van der Waals surface area contributed by atoms with Crippen LogP contribution in [0.1, 0.15) is 10.5 Å². The van der Waals surface area contributed by atoms with E-state index in [1.165, 1.54) is 11.3 Å². The van der Waals surface area contributed by atoms with Gasteiger partial charge in [0, 0.05) is 6.20 Å². The van der Waals surface area contributed by atoms with Crippen LogP contribution in [0.25, 0.3) is 20.4 Å². The molecule has 7 heteroatoms. The van der Waals surface area contributed by atoms with Crippen LogP contribution in [0, 0.1) is 0 Å². The van der Waals surface area contributed by atoms with Crippen molar-refractivity contribution in [2.24, 2.45) is 0 Å². The molecule has 3 aromatic heterocycles. The molecule has 0 saturated heterocycles. The number of nitrogens with zero attached hydrogens (tertiary/aromatic N) is 3. The van der Waals surface area contributed by atoms with E-state index in [2.05, 4.69) is 20.3 Å². The third-order valence-corrected chi connectivity index (χ3v) is 4.96. The van der Waals surface area contributed by atoms with Crippen molar-refractivity contribution in [2.75, 3.05) is 5.32 Å². The highest BCUT2D eigenvalue weighted by atomic mass is 32.1. The van der Waals surface area contributed by atoms with Gasteiger partial charge in [-0.05, 0) is 24.3 Å². The molecule has 0 bridgehead atoms. The molecule has 102 valence electrons. The third kappa shape index (κ3) is 2.16. The zero-order chi connectivity index (χ0) is 14.2. The van der Waals surface area contributed by atoms with E-state index < -0.39 is 0 Å². The predicted molar refractivity (Wildman–Crippen MR) is 85.0 cm³/mol. The van der Waals surface area contributed by atoms with E-state index >= 15 is 0 Å². The minimum Gasteiger partial charge on any atom is -0.296 e. The lowest BCUT2D eigenvalue weighted by molar-refractivity contribution is 0.102. The number of nitrogens with one attached hydrogen (secondary N) is 1. The van der Waals surface area contributed by atoms with Crippen LogP contribution in [0.4, 0.5) is 5.13 Å². The topological polar surface area (TPSA) is 67.8 Å². The first-order valence-corrected chi connectivity index (χ1v) is 7.86. The Bertz CT molecular complexity index is 945. The molecule has 1 N–H and O–H groups in total. The molecular formula is C14H8N4OS2. The number of amides is 1. The van der Waals surface area contributed by atoms with Gasteiger partial charge < -0.3 is 0 Å². The lowest BCUT2D eigenvalue weighted by atomic mass is 10.3.